The van der Waals surface area contributed by atoms with E-state index in [0.717, 1.165) is 5.56 Å². The van der Waals surface area contributed by atoms with Crippen LogP contribution in [0.25, 0.3) is 0 Å². The molecule has 0 aliphatic carbocycles. The van der Waals surface area contributed by atoms with E-state index in [0.29, 0.717) is 21.7 Å². The number of carbonyl (C=O) groups excluding carboxylic acids is 1. The fraction of sp³-hybridized carbons (Fsp3) is 0.167. The van der Waals surface area contributed by atoms with E-state index < -0.39 is 0 Å². The highest BCUT2D eigenvalue weighted by Crippen LogP contribution is 2.28. The first-order chi connectivity index (χ1) is 13.0. The Kier molecular flexibility index (Phi) is 6.36. The van der Waals surface area contributed by atoms with E-state index in [2.05, 4.69) is 15.5 Å². The maximum Gasteiger partial charge on any atom is 0.233 e. The summed E-state index contributed by atoms with van der Waals surface area (Å²) in [6, 6.07) is 12.3. The Labute approximate surface area is 163 Å². The summed E-state index contributed by atoms with van der Waals surface area (Å²) in [6.07, 6.45) is 0. The number of carbonyl (C=O) groups is 1. The number of anilines is 2. The van der Waals surface area contributed by atoms with Gasteiger partial charge in [-0.05, 0) is 29.8 Å². The number of para-hydroxylation sites is 1. The number of thioether (sulfide) groups is 1. The fourth-order valence-electron chi connectivity index (χ4n) is 2.18. The van der Waals surface area contributed by atoms with Gasteiger partial charge in [-0.2, -0.15) is 0 Å². The molecule has 140 valence electrons. The van der Waals surface area contributed by atoms with Crippen LogP contribution < -0.4 is 5.32 Å². The monoisotopic (exact) mass is 406 g/mol. The lowest BCUT2D eigenvalue weighted by atomic mass is 10.2. The highest BCUT2D eigenvalue weighted by atomic mass is 32.2. The van der Waals surface area contributed by atoms with Crippen molar-refractivity contribution in [1.29, 1.82) is 0 Å². The van der Waals surface area contributed by atoms with Gasteiger partial charge < -0.3 is 10.2 Å². The van der Waals surface area contributed by atoms with E-state index in [9.17, 15) is 13.6 Å². The number of aromatic nitrogens is 2. The number of rotatable bonds is 7. The molecule has 0 unspecified atom stereocenters. The highest BCUT2D eigenvalue weighted by molar-refractivity contribution is 8.01. The predicted octanol–water partition coefficient (Wildman–Crippen LogP) is 4.31. The van der Waals surface area contributed by atoms with Gasteiger partial charge in [0.1, 0.15) is 11.6 Å². The summed E-state index contributed by atoms with van der Waals surface area (Å²) in [5, 5.41) is 11.3. The Morgan fingerprint density at radius 1 is 1.15 bits per heavy atom. The van der Waals surface area contributed by atoms with Crippen LogP contribution >= 0.6 is 23.1 Å². The van der Waals surface area contributed by atoms with Gasteiger partial charge in [-0.3, -0.25) is 4.79 Å². The first-order valence-corrected chi connectivity index (χ1v) is 9.78. The summed E-state index contributed by atoms with van der Waals surface area (Å²) >= 11 is 2.51. The van der Waals surface area contributed by atoms with Gasteiger partial charge in [0.05, 0.1) is 11.4 Å². The van der Waals surface area contributed by atoms with E-state index in [-0.39, 0.29) is 23.3 Å². The molecule has 0 aliphatic rings. The molecule has 1 aromatic heterocycles. The lowest BCUT2D eigenvalue weighted by Gasteiger charge is -2.16. The molecule has 0 saturated carbocycles. The quantitative estimate of drug-likeness (QED) is 0.593. The summed E-state index contributed by atoms with van der Waals surface area (Å²) < 4.78 is 27.2. The second-order valence-electron chi connectivity index (χ2n) is 5.64. The average Bonchev–Trinajstić information content (AvgIpc) is 3.11. The van der Waals surface area contributed by atoms with Crippen LogP contribution in [-0.4, -0.2) is 33.8 Å². The molecule has 27 heavy (non-hydrogen) atoms. The van der Waals surface area contributed by atoms with Gasteiger partial charge in [-0.25, -0.2) is 8.78 Å². The predicted molar refractivity (Wildman–Crippen MR) is 103 cm³/mol. The van der Waals surface area contributed by atoms with Gasteiger partial charge in [-0.1, -0.05) is 47.4 Å². The lowest BCUT2D eigenvalue weighted by molar-refractivity contribution is -0.127. The van der Waals surface area contributed by atoms with E-state index in [4.69, 9.17) is 0 Å². The number of nitrogens with one attached hydrogen (secondary N) is 1. The zero-order valence-corrected chi connectivity index (χ0v) is 16.0. The molecule has 1 heterocycles. The van der Waals surface area contributed by atoms with Crippen molar-refractivity contribution in [2.24, 2.45) is 0 Å². The van der Waals surface area contributed by atoms with Gasteiger partial charge >= 0.3 is 0 Å². The Morgan fingerprint density at radius 2 is 1.89 bits per heavy atom. The van der Waals surface area contributed by atoms with Crippen LogP contribution in [0.3, 0.4) is 0 Å². The summed E-state index contributed by atoms with van der Waals surface area (Å²) in [4.78, 5) is 13.8. The van der Waals surface area contributed by atoms with Crippen molar-refractivity contribution in [3.63, 3.8) is 0 Å². The Morgan fingerprint density at radius 3 is 2.63 bits per heavy atom. The van der Waals surface area contributed by atoms with Crippen molar-refractivity contribution in [1.82, 2.24) is 15.1 Å². The molecule has 1 amide bonds. The molecule has 3 rings (SSSR count). The van der Waals surface area contributed by atoms with Gasteiger partial charge in [0.15, 0.2) is 4.34 Å². The maximum absolute atomic E-state index is 13.6. The number of amides is 1. The zero-order chi connectivity index (χ0) is 19.2. The average molecular weight is 406 g/mol. The van der Waals surface area contributed by atoms with E-state index >= 15 is 0 Å². The van der Waals surface area contributed by atoms with Crippen molar-refractivity contribution in [3.05, 3.63) is 65.7 Å². The second kappa shape index (κ2) is 8.92. The summed E-state index contributed by atoms with van der Waals surface area (Å²) in [6.45, 7) is 0.399. The number of halogens is 2. The number of benzene rings is 2. The summed E-state index contributed by atoms with van der Waals surface area (Å²) in [7, 11) is 1.69. The Hall–Kier alpha value is -2.52. The summed E-state index contributed by atoms with van der Waals surface area (Å²) in [5.74, 6) is -0.562. The van der Waals surface area contributed by atoms with E-state index in [1.54, 1.807) is 42.3 Å². The van der Waals surface area contributed by atoms with Crippen molar-refractivity contribution in [2.75, 3.05) is 18.1 Å². The van der Waals surface area contributed by atoms with E-state index in [1.165, 1.54) is 41.3 Å². The van der Waals surface area contributed by atoms with Crippen LogP contribution in [-0.2, 0) is 11.3 Å². The third-order valence-corrected chi connectivity index (χ3v) is 5.56. The minimum Gasteiger partial charge on any atom is -0.341 e. The lowest BCUT2D eigenvalue weighted by Crippen LogP contribution is -2.27. The Bertz CT molecular complexity index is 918. The minimum absolute atomic E-state index is 0.0804. The third kappa shape index (κ3) is 5.48. The van der Waals surface area contributed by atoms with Crippen LogP contribution in [0, 0.1) is 11.6 Å². The fourth-order valence-corrected chi connectivity index (χ4v) is 3.89. The molecule has 0 spiro atoms. The number of hydrogen-bond donors (Lipinski definition) is 1. The minimum atomic E-state index is -0.375. The van der Waals surface area contributed by atoms with Crippen molar-refractivity contribution < 1.29 is 13.6 Å². The van der Waals surface area contributed by atoms with Crippen molar-refractivity contribution in [2.45, 2.75) is 10.9 Å². The topological polar surface area (TPSA) is 58.1 Å². The molecular weight excluding hydrogens is 390 g/mol. The normalized spacial score (nSPS) is 10.6. The third-order valence-electron chi connectivity index (χ3n) is 3.60. The first-order valence-electron chi connectivity index (χ1n) is 7.97. The standard InChI is InChI=1S/C18H16F2N4OS2/c1-24(10-12-6-8-13(19)9-7-12)16(25)11-26-18-23-22-17(27-18)21-15-5-3-2-4-14(15)20/h2-9H,10-11H2,1H3,(H,21,22). The molecule has 0 saturated heterocycles. The molecule has 1 N–H and O–H groups in total. The molecule has 0 radical (unpaired) electrons. The molecule has 9 heteroatoms. The molecule has 0 atom stereocenters. The van der Waals surface area contributed by atoms with E-state index in [1.807, 2.05) is 0 Å². The number of hydrogen-bond acceptors (Lipinski definition) is 6. The van der Waals surface area contributed by atoms with Gasteiger partial charge in [0.25, 0.3) is 0 Å². The van der Waals surface area contributed by atoms with Gasteiger partial charge in [0, 0.05) is 13.6 Å². The highest BCUT2D eigenvalue weighted by Gasteiger charge is 2.13. The van der Waals surface area contributed by atoms with Crippen LogP contribution in [0.1, 0.15) is 5.56 Å². The molecule has 0 bridgehead atoms. The molecule has 2 aromatic carbocycles. The SMILES string of the molecule is CN(Cc1ccc(F)cc1)C(=O)CSc1nnc(Nc2ccccc2F)s1. The molecule has 3 aromatic rings. The second-order valence-corrected chi connectivity index (χ2v) is 7.84. The first kappa shape index (κ1) is 19.2. The summed E-state index contributed by atoms with van der Waals surface area (Å²) in [5.41, 5.74) is 1.17. The number of nitrogens with zero attached hydrogens (tertiary/aromatic N) is 3. The largest absolute Gasteiger partial charge is 0.341 e. The zero-order valence-electron chi connectivity index (χ0n) is 14.4. The van der Waals surface area contributed by atoms with Crippen molar-refractivity contribution >= 4 is 39.8 Å². The van der Waals surface area contributed by atoms with Crippen LogP contribution in [0.15, 0.2) is 52.9 Å². The van der Waals surface area contributed by atoms with Gasteiger partial charge in [-0.15, -0.1) is 10.2 Å². The van der Waals surface area contributed by atoms with Gasteiger partial charge in [0.2, 0.25) is 11.0 Å². The Balaban J connectivity index is 1.51. The van der Waals surface area contributed by atoms with Crippen LogP contribution in [0.2, 0.25) is 0 Å². The smallest absolute Gasteiger partial charge is 0.233 e. The molecule has 0 fully saturated rings. The molecule has 0 aliphatic heterocycles. The van der Waals surface area contributed by atoms with Crippen LogP contribution in [0.4, 0.5) is 19.6 Å². The molecule has 5 nitrogen and oxygen atoms in total. The van der Waals surface area contributed by atoms with Crippen molar-refractivity contribution in [3.8, 4) is 0 Å². The molecular formula is C18H16F2N4OS2. The maximum atomic E-state index is 13.6. The van der Waals surface area contributed by atoms with Crippen LogP contribution in [0.5, 0.6) is 0 Å².